The molecule has 3 atom stereocenters. The number of likely N-dealkylation sites (tertiary alicyclic amines) is 2. The highest BCUT2D eigenvalue weighted by Gasteiger charge is 2.29. The first kappa shape index (κ1) is 14.8. The summed E-state index contributed by atoms with van der Waals surface area (Å²) in [6.45, 7) is 7.83. The summed E-state index contributed by atoms with van der Waals surface area (Å²) in [6.07, 6.45) is 5.79. The number of carbonyl (C=O) groups is 1. The highest BCUT2D eigenvalue weighted by Crippen LogP contribution is 2.21. The first-order valence-electron chi connectivity index (χ1n) is 7.87. The first-order chi connectivity index (χ1) is 9.10. The van der Waals surface area contributed by atoms with Crippen molar-refractivity contribution in [2.75, 3.05) is 26.2 Å². The number of hydrogen-bond acceptors (Lipinski definition) is 3. The average Bonchev–Trinajstić information content (AvgIpc) is 2.37. The van der Waals surface area contributed by atoms with Gasteiger partial charge in [-0.25, -0.2) is 0 Å². The van der Waals surface area contributed by atoms with Crippen molar-refractivity contribution in [2.24, 2.45) is 11.7 Å². The first-order valence-corrected chi connectivity index (χ1v) is 7.87. The zero-order valence-electron chi connectivity index (χ0n) is 12.5. The number of nitrogens with zero attached hydrogens (tertiary/aromatic N) is 2. The minimum absolute atomic E-state index is 0.236. The third-order valence-corrected chi connectivity index (χ3v) is 4.55. The van der Waals surface area contributed by atoms with E-state index in [1.54, 1.807) is 0 Å². The molecule has 2 saturated heterocycles. The van der Waals surface area contributed by atoms with E-state index in [1.807, 2.05) is 0 Å². The minimum atomic E-state index is 0.236. The van der Waals surface area contributed by atoms with Crippen LogP contribution in [-0.4, -0.2) is 54.0 Å². The molecule has 2 aliphatic rings. The van der Waals surface area contributed by atoms with Gasteiger partial charge in [0.25, 0.3) is 0 Å². The Labute approximate surface area is 117 Å². The van der Waals surface area contributed by atoms with E-state index in [-0.39, 0.29) is 6.04 Å². The lowest BCUT2D eigenvalue weighted by Crippen LogP contribution is -2.52. The lowest BCUT2D eigenvalue weighted by molar-refractivity contribution is -0.136. The fourth-order valence-electron chi connectivity index (χ4n) is 3.68. The Balaban J connectivity index is 1.88. The molecule has 0 bridgehead atoms. The maximum atomic E-state index is 12.5. The highest BCUT2D eigenvalue weighted by atomic mass is 16.2. The molecule has 2 aliphatic heterocycles. The summed E-state index contributed by atoms with van der Waals surface area (Å²) in [5.74, 6) is 0.924. The molecule has 0 saturated carbocycles. The van der Waals surface area contributed by atoms with Gasteiger partial charge in [-0.05, 0) is 38.0 Å². The summed E-state index contributed by atoms with van der Waals surface area (Å²) < 4.78 is 0. The Morgan fingerprint density at radius 3 is 2.79 bits per heavy atom. The smallest absolute Gasteiger partial charge is 0.236 e. The van der Waals surface area contributed by atoms with Crippen molar-refractivity contribution in [1.29, 1.82) is 0 Å². The average molecular weight is 267 g/mol. The van der Waals surface area contributed by atoms with Crippen LogP contribution < -0.4 is 5.73 Å². The van der Waals surface area contributed by atoms with Gasteiger partial charge in [-0.1, -0.05) is 13.8 Å². The number of piperidine rings is 2. The molecule has 0 radical (unpaired) electrons. The Kier molecular flexibility index (Phi) is 5.22. The maximum Gasteiger partial charge on any atom is 0.236 e. The van der Waals surface area contributed by atoms with Gasteiger partial charge >= 0.3 is 0 Å². The third kappa shape index (κ3) is 3.93. The topological polar surface area (TPSA) is 49.6 Å². The predicted octanol–water partition coefficient (Wildman–Crippen LogP) is 1.45. The molecule has 0 aromatic carbocycles. The van der Waals surface area contributed by atoms with Crippen LogP contribution in [0.5, 0.6) is 0 Å². The Morgan fingerprint density at radius 1 is 1.32 bits per heavy atom. The van der Waals surface area contributed by atoms with Gasteiger partial charge in [0.15, 0.2) is 0 Å². The van der Waals surface area contributed by atoms with Crippen molar-refractivity contribution < 1.29 is 4.79 Å². The quantitative estimate of drug-likeness (QED) is 0.842. The summed E-state index contributed by atoms with van der Waals surface area (Å²) in [4.78, 5) is 16.9. The van der Waals surface area contributed by atoms with Crippen LogP contribution in [0.15, 0.2) is 0 Å². The van der Waals surface area contributed by atoms with Crippen LogP contribution in [0.25, 0.3) is 0 Å². The van der Waals surface area contributed by atoms with Crippen molar-refractivity contribution in [1.82, 2.24) is 9.80 Å². The molecule has 19 heavy (non-hydrogen) atoms. The molecule has 110 valence electrons. The second-order valence-corrected chi connectivity index (χ2v) is 6.44. The van der Waals surface area contributed by atoms with E-state index in [4.69, 9.17) is 5.73 Å². The van der Waals surface area contributed by atoms with Crippen molar-refractivity contribution in [3.8, 4) is 0 Å². The standard InChI is InChI=1S/C15H29N3O/c1-3-14-6-4-5-7-18(14)15(19)11-17-9-12(2)8-13(16)10-17/h12-14H,3-11,16H2,1-2H3. The Morgan fingerprint density at radius 2 is 2.11 bits per heavy atom. The number of rotatable bonds is 3. The lowest BCUT2D eigenvalue weighted by Gasteiger charge is -2.39. The molecule has 0 aromatic rings. The van der Waals surface area contributed by atoms with Crippen LogP contribution in [0, 0.1) is 5.92 Å². The van der Waals surface area contributed by atoms with Crippen LogP contribution in [0.1, 0.15) is 46.0 Å². The van der Waals surface area contributed by atoms with Gasteiger partial charge < -0.3 is 10.6 Å². The van der Waals surface area contributed by atoms with E-state index < -0.39 is 0 Å². The van der Waals surface area contributed by atoms with Gasteiger partial charge in [0.05, 0.1) is 6.54 Å². The fourth-order valence-corrected chi connectivity index (χ4v) is 3.68. The van der Waals surface area contributed by atoms with Gasteiger partial charge in [0, 0.05) is 31.7 Å². The summed E-state index contributed by atoms with van der Waals surface area (Å²) in [6, 6.07) is 0.706. The van der Waals surface area contributed by atoms with E-state index in [9.17, 15) is 4.79 Å². The van der Waals surface area contributed by atoms with E-state index in [2.05, 4.69) is 23.6 Å². The molecule has 2 rings (SSSR count). The van der Waals surface area contributed by atoms with Gasteiger partial charge in [-0.15, -0.1) is 0 Å². The second-order valence-electron chi connectivity index (χ2n) is 6.44. The Hall–Kier alpha value is -0.610. The number of amides is 1. The number of nitrogens with two attached hydrogens (primary N) is 1. The van der Waals surface area contributed by atoms with Crippen LogP contribution in [0.4, 0.5) is 0 Å². The van der Waals surface area contributed by atoms with E-state index in [0.717, 1.165) is 38.9 Å². The summed E-state index contributed by atoms with van der Waals surface area (Å²) in [5, 5.41) is 0. The molecule has 2 heterocycles. The molecule has 4 nitrogen and oxygen atoms in total. The largest absolute Gasteiger partial charge is 0.339 e. The van der Waals surface area contributed by atoms with E-state index in [0.29, 0.717) is 24.4 Å². The van der Waals surface area contributed by atoms with Crippen LogP contribution in [-0.2, 0) is 4.79 Å². The molecule has 4 heteroatoms. The van der Waals surface area contributed by atoms with Crippen LogP contribution >= 0.6 is 0 Å². The predicted molar refractivity (Wildman–Crippen MR) is 77.8 cm³/mol. The molecular weight excluding hydrogens is 238 g/mol. The number of carbonyl (C=O) groups excluding carboxylic acids is 1. The molecule has 1 amide bonds. The summed E-state index contributed by atoms with van der Waals surface area (Å²) in [7, 11) is 0. The van der Waals surface area contributed by atoms with Crippen molar-refractivity contribution in [3.63, 3.8) is 0 Å². The summed E-state index contributed by atoms with van der Waals surface area (Å²) in [5.41, 5.74) is 6.06. The normalized spacial score (nSPS) is 33.4. The molecule has 2 N–H and O–H groups in total. The SMILES string of the molecule is CCC1CCCCN1C(=O)CN1CC(C)CC(N)C1. The summed E-state index contributed by atoms with van der Waals surface area (Å²) >= 11 is 0. The zero-order valence-corrected chi connectivity index (χ0v) is 12.5. The molecule has 2 fully saturated rings. The monoisotopic (exact) mass is 267 g/mol. The van der Waals surface area contributed by atoms with Gasteiger partial charge in [0.2, 0.25) is 5.91 Å². The molecule has 0 spiro atoms. The molecule has 3 unspecified atom stereocenters. The molecule has 0 aliphatic carbocycles. The van der Waals surface area contributed by atoms with Crippen molar-refractivity contribution in [2.45, 2.75) is 58.0 Å². The van der Waals surface area contributed by atoms with Crippen molar-refractivity contribution >= 4 is 5.91 Å². The zero-order chi connectivity index (χ0) is 13.8. The molecule has 0 aromatic heterocycles. The van der Waals surface area contributed by atoms with Gasteiger partial charge in [0.1, 0.15) is 0 Å². The maximum absolute atomic E-state index is 12.5. The fraction of sp³-hybridized carbons (Fsp3) is 0.933. The van der Waals surface area contributed by atoms with Crippen LogP contribution in [0.3, 0.4) is 0 Å². The van der Waals surface area contributed by atoms with Gasteiger partial charge in [-0.2, -0.15) is 0 Å². The van der Waals surface area contributed by atoms with E-state index in [1.165, 1.54) is 12.8 Å². The number of hydrogen-bond donors (Lipinski definition) is 1. The Bertz CT molecular complexity index is 298. The third-order valence-electron chi connectivity index (χ3n) is 4.55. The lowest BCUT2D eigenvalue weighted by atomic mass is 9.96. The van der Waals surface area contributed by atoms with Crippen LogP contribution in [0.2, 0.25) is 0 Å². The highest BCUT2D eigenvalue weighted by molar-refractivity contribution is 5.78. The van der Waals surface area contributed by atoms with E-state index >= 15 is 0 Å². The van der Waals surface area contributed by atoms with Crippen molar-refractivity contribution in [3.05, 3.63) is 0 Å². The minimum Gasteiger partial charge on any atom is -0.339 e. The van der Waals surface area contributed by atoms with Gasteiger partial charge in [-0.3, -0.25) is 9.69 Å². The molecular formula is C15H29N3O. The second kappa shape index (κ2) is 6.71.